The monoisotopic (exact) mass is 269 g/mol. The Morgan fingerprint density at radius 1 is 1.11 bits per heavy atom. The highest BCUT2D eigenvalue weighted by molar-refractivity contribution is 4.98. The van der Waals surface area contributed by atoms with Gasteiger partial charge in [0.1, 0.15) is 0 Å². The predicted octanol–water partition coefficient (Wildman–Crippen LogP) is 4.39. The van der Waals surface area contributed by atoms with Crippen LogP contribution >= 0.6 is 0 Å². The van der Waals surface area contributed by atoms with Gasteiger partial charge in [-0.15, -0.1) is 0 Å². The van der Waals surface area contributed by atoms with Gasteiger partial charge in [-0.3, -0.25) is 0 Å². The minimum absolute atomic E-state index is 0.0719. The summed E-state index contributed by atoms with van der Waals surface area (Å²) in [5.41, 5.74) is 0.567. The van der Waals surface area contributed by atoms with Gasteiger partial charge >= 0.3 is 0 Å². The topological polar surface area (TPSA) is 21.3 Å². The third-order valence-electron chi connectivity index (χ3n) is 5.20. The van der Waals surface area contributed by atoms with Crippen LogP contribution in [0.3, 0.4) is 0 Å². The number of nitrogens with one attached hydrogen (secondary N) is 1. The third-order valence-corrected chi connectivity index (χ3v) is 5.20. The third kappa shape index (κ3) is 4.46. The molecule has 0 aromatic rings. The summed E-state index contributed by atoms with van der Waals surface area (Å²) in [6.07, 6.45) is 7.46. The fourth-order valence-electron chi connectivity index (χ4n) is 3.40. The van der Waals surface area contributed by atoms with Crippen molar-refractivity contribution in [3.8, 4) is 0 Å². The van der Waals surface area contributed by atoms with E-state index in [0.717, 1.165) is 12.5 Å². The first-order chi connectivity index (χ1) is 8.89. The van der Waals surface area contributed by atoms with E-state index in [0.29, 0.717) is 11.5 Å². The number of hydrogen-bond acceptors (Lipinski definition) is 2. The van der Waals surface area contributed by atoms with Crippen LogP contribution in [-0.4, -0.2) is 25.3 Å². The molecule has 1 N–H and O–H groups in total. The minimum Gasteiger partial charge on any atom is -0.374 e. The van der Waals surface area contributed by atoms with E-state index in [1.807, 2.05) is 0 Å². The molecule has 114 valence electrons. The van der Waals surface area contributed by atoms with Crippen LogP contribution in [0.15, 0.2) is 0 Å². The Labute approximate surface area is 120 Å². The molecule has 1 aliphatic carbocycles. The molecule has 0 bridgehead atoms. The Morgan fingerprint density at radius 3 is 2.11 bits per heavy atom. The lowest BCUT2D eigenvalue weighted by atomic mass is 9.67. The Morgan fingerprint density at radius 2 is 1.68 bits per heavy atom. The van der Waals surface area contributed by atoms with Gasteiger partial charge in [0.25, 0.3) is 0 Å². The Hall–Kier alpha value is -0.0800. The summed E-state index contributed by atoms with van der Waals surface area (Å²) >= 11 is 0. The van der Waals surface area contributed by atoms with Crippen LogP contribution in [0.1, 0.15) is 73.1 Å². The lowest BCUT2D eigenvalue weighted by Crippen LogP contribution is -2.55. The second-order valence-corrected chi connectivity index (χ2v) is 7.25. The number of rotatable bonds is 7. The zero-order valence-electron chi connectivity index (χ0n) is 14.0. The zero-order valence-corrected chi connectivity index (χ0v) is 14.0. The molecular formula is C17H35NO. The number of hydrogen-bond donors (Lipinski definition) is 1. The maximum atomic E-state index is 6.30. The molecule has 2 nitrogen and oxygen atoms in total. The van der Waals surface area contributed by atoms with E-state index < -0.39 is 0 Å². The molecule has 0 aromatic heterocycles. The first kappa shape index (κ1) is 17.0. The second-order valence-electron chi connectivity index (χ2n) is 7.25. The van der Waals surface area contributed by atoms with Crippen LogP contribution in [-0.2, 0) is 4.74 Å². The molecule has 0 radical (unpaired) electrons. The van der Waals surface area contributed by atoms with Crippen molar-refractivity contribution in [2.75, 3.05) is 13.7 Å². The molecule has 0 aliphatic heterocycles. The molecule has 2 unspecified atom stereocenters. The molecule has 0 amide bonds. The molecule has 0 spiro atoms. The van der Waals surface area contributed by atoms with Crippen LogP contribution in [0.5, 0.6) is 0 Å². The molecule has 0 heterocycles. The molecular weight excluding hydrogens is 234 g/mol. The first-order valence-corrected chi connectivity index (χ1v) is 8.20. The van der Waals surface area contributed by atoms with E-state index in [9.17, 15) is 0 Å². The van der Waals surface area contributed by atoms with Crippen molar-refractivity contribution in [1.82, 2.24) is 5.32 Å². The van der Waals surface area contributed by atoms with Crippen LogP contribution in [0.2, 0.25) is 0 Å². The molecule has 1 fully saturated rings. The van der Waals surface area contributed by atoms with Crippen LogP contribution in [0.4, 0.5) is 0 Å². The van der Waals surface area contributed by atoms with Crippen molar-refractivity contribution in [3.05, 3.63) is 0 Å². The maximum absolute atomic E-state index is 6.30. The molecule has 0 saturated heterocycles. The van der Waals surface area contributed by atoms with Crippen molar-refractivity contribution in [1.29, 1.82) is 0 Å². The van der Waals surface area contributed by atoms with Gasteiger partial charge < -0.3 is 10.1 Å². The van der Waals surface area contributed by atoms with E-state index >= 15 is 0 Å². The van der Waals surface area contributed by atoms with Gasteiger partial charge in [0.05, 0.1) is 5.60 Å². The quantitative estimate of drug-likeness (QED) is 0.740. The Kier molecular flexibility index (Phi) is 6.32. The Balaban J connectivity index is 2.79. The molecule has 1 rings (SSSR count). The van der Waals surface area contributed by atoms with Gasteiger partial charge in [-0.05, 0) is 57.4 Å². The smallest absolute Gasteiger partial charge is 0.0834 e. The van der Waals surface area contributed by atoms with Crippen molar-refractivity contribution in [3.63, 3.8) is 0 Å². The van der Waals surface area contributed by atoms with Crippen molar-refractivity contribution >= 4 is 0 Å². The average molecular weight is 269 g/mol. The molecule has 1 saturated carbocycles. The minimum atomic E-state index is 0.0719. The van der Waals surface area contributed by atoms with E-state index in [2.05, 4.69) is 47.0 Å². The average Bonchev–Trinajstić information content (AvgIpc) is 2.39. The van der Waals surface area contributed by atoms with E-state index in [4.69, 9.17) is 4.74 Å². The fourth-order valence-corrected chi connectivity index (χ4v) is 3.40. The second kappa shape index (κ2) is 7.08. The molecule has 2 heteroatoms. The first-order valence-electron chi connectivity index (χ1n) is 8.20. The van der Waals surface area contributed by atoms with Crippen molar-refractivity contribution in [2.24, 2.45) is 11.3 Å². The normalized spacial score (nSPS) is 24.9. The summed E-state index contributed by atoms with van der Waals surface area (Å²) < 4.78 is 6.30. The molecule has 0 aromatic carbocycles. The standard InChI is InChI=1S/C17H35NO/c1-7-14(3)13-15(18-6)17(19-8-2)11-9-16(4,5)10-12-17/h14-15,18H,7-13H2,1-6H3. The van der Waals surface area contributed by atoms with Gasteiger partial charge in [0.2, 0.25) is 0 Å². The maximum Gasteiger partial charge on any atom is 0.0834 e. The van der Waals surface area contributed by atoms with E-state index in [1.165, 1.54) is 38.5 Å². The van der Waals surface area contributed by atoms with Gasteiger partial charge in [0, 0.05) is 12.6 Å². The van der Waals surface area contributed by atoms with Crippen molar-refractivity contribution in [2.45, 2.75) is 84.8 Å². The largest absolute Gasteiger partial charge is 0.374 e. The number of likely N-dealkylation sites (N-methyl/N-ethyl adjacent to an activating group) is 1. The van der Waals surface area contributed by atoms with Crippen LogP contribution < -0.4 is 5.32 Å². The zero-order chi connectivity index (χ0) is 14.5. The van der Waals surface area contributed by atoms with E-state index in [1.54, 1.807) is 0 Å². The summed E-state index contributed by atoms with van der Waals surface area (Å²) in [5, 5.41) is 3.56. The van der Waals surface area contributed by atoms with Crippen molar-refractivity contribution < 1.29 is 4.74 Å². The fraction of sp³-hybridized carbons (Fsp3) is 1.00. The molecule has 19 heavy (non-hydrogen) atoms. The van der Waals surface area contributed by atoms with Gasteiger partial charge in [0.15, 0.2) is 0 Å². The summed E-state index contributed by atoms with van der Waals surface area (Å²) in [5.74, 6) is 0.768. The summed E-state index contributed by atoms with van der Waals surface area (Å²) in [4.78, 5) is 0. The highest BCUT2D eigenvalue weighted by Crippen LogP contribution is 2.44. The van der Waals surface area contributed by atoms with Gasteiger partial charge in [-0.1, -0.05) is 34.1 Å². The lowest BCUT2D eigenvalue weighted by Gasteiger charge is -2.48. The van der Waals surface area contributed by atoms with Gasteiger partial charge in [-0.2, -0.15) is 0 Å². The van der Waals surface area contributed by atoms with Gasteiger partial charge in [-0.25, -0.2) is 0 Å². The molecule has 1 aliphatic rings. The predicted molar refractivity (Wildman–Crippen MR) is 83.5 cm³/mol. The molecule has 2 atom stereocenters. The number of ether oxygens (including phenoxy) is 1. The summed E-state index contributed by atoms with van der Waals surface area (Å²) in [6.45, 7) is 12.4. The summed E-state index contributed by atoms with van der Waals surface area (Å²) in [6, 6.07) is 0.499. The lowest BCUT2D eigenvalue weighted by molar-refractivity contribution is -0.108. The summed E-state index contributed by atoms with van der Waals surface area (Å²) in [7, 11) is 2.10. The highest BCUT2D eigenvalue weighted by atomic mass is 16.5. The Bertz CT molecular complexity index is 252. The van der Waals surface area contributed by atoms with Crippen LogP contribution in [0.25, 0.3) is 0 Å². The highest BCUT2D eigenvalue weighted by Gasteiger charge is 2.44. The van der Waals surface area contributed by atoms with Crippen LogP contribution in [0, 0.1) is 11.3 Å². The van der Waals surface area contributed by atoms with E-state index in [-0.39, 0.29) is 5.60 Å². The SMILES string of the molecule is CCOC1(C(CC(C)CC)NC)CCC(C)(C)CC1.